The summed E-state index contributed by atoms with van der Waals surface area (Å²) >= 11 is 0. The van der Waals surface area contributed by atoms with Crippen LogP contribution >= 0.6 is 0 Å². The molecule has 3 nitrogen and oxygen atoms in total. The summed E-state index contributed by atoms with van der Waals surface area (Å²) in [5, 5.41) is 1.14. The maximum absolute atomic E-state index is 4.28. The van der Waals surface area contributed by atoms with E-state index in [4.69, 9.17) is 0 Å². The quantitative estimate of drug-likeness (QED) is 0.597. The lowest BCUT2D eigenvalue weighted by Crippen LogP contribution is -1.89. The summed E-state index contributed by atoms with van der Waals surface area (Å²) in [7, 11) is 0. The van der Waals surface area contributed by atoms with Crippen molar-refractivity contribution in [2.45, 2.75) is 0 Å². The molecule has 0 aliphatic carbocycles. The van der Waals surface area contributed by atoms with Crippen molar-refractivity contribution in [3.63, 3.8) is 0 Å². The van der Waals surface area contributed by atoms with E-state index in [9.17, 15) is 0 Å². The van der Waals surface area contributed by atoms with Crippen LogP contribution in [-0.2, 0) is 0 Å². The van der Waals surface area contributed by atoms with Crippen molar-refractivity contribution in [2.75, 3.05) is 0 Å². The van der Waals surface area contributed by atoms with E-state index >= 15 is 0 Å². The van der Waals surface area contributed by atoms with Gasteiger partial charge in [-0.15, -0.1) is 0 Å². The van der Waals surface area contributed by atoms with E-state index in [0.29, 0.717) is 0 Å². The lowest BCUT2D eigenvalue weighted by Gasteiger charge is -2.03. The van der Waals surface area contributed by atoms with Crippen LogP contribution in [-0.4, -0.2) is 14.5 Å². The highest BCUT2D eigenvalue weighted by Crippen LogP contribution is 2.15. The van der Waals surface area contributed by atoms with Gasteiger partial charge in [0, 0.05) is 29.7 Å². The van der Waals surface area contributed by atoms with Crippen molar-refractivity contribution >= 4 is 10.9 Å². The molecule has 0 atom stereocenters. The summed E-state index contributed by atoms with van der Waals surface area (Å²) < 4.78 is 1.98. The molecule has 0 bridgehead atoms. The largest absolute Gasteiger partial charge is 0.306 e. The zero-order valence-electron chi connectivity index (χ0n) is 8.04. The van der Waals surface area contributed by atoms with Crippen molar-refractivity contribution in [1.29, 1.82) is 0 Å². The van der Waals surface area contributed by atoms with Gasteiger partial charge in [-0.25, -0.2) is 4.98 Å². The van der Waals surface area contributed by atoms with E-state index in [0.717, 1.165) is 16.6 Å². The molecule has 0 fully saturated rings. The van der Waals surface area contributed by atoms with Gasteiger partial charge >= 0.3 is 0 Å². The fraction of sp³-hybridized carbons (Fsp3) is 0. The van der Waals surface area contributed by atoms with E-state index in [-0.39, 0.29) is 0 Å². The third-order valence-corrected chi connectivity index (χ3v) is 2.39. The first-order valence-electron chi connectivity index (χ1n) is 4.76. The minimum absolute atomic E-state index is 1.02. The Kier molecular flexibility index (Phi) is 1.75. The maximum atomic E-state index is 4.28. The van der Waals surface area contributed by atoms with Crippen LogP contribution in [0, 0.1) is 0 Å². The smallest absolute Gasteiger partial charge is 0.0991 e. The van der Waals surface area contributed by atoms with Gasteiger partial charge < -0.3 is 4.57 Å². The van der Waals surface area contributed by atoms with Crippen LogP contribution in [0.25, 0.3) is 16.6 Å². The lowest BCUT2D eigenvalue weighted by atomic mass is 10.2. The Morgan fingerprint density at radius 1 is 1.07 bits per heavy atom. The standard InChI is InChI=1S/C12H9N3/c1-2-10-8-11(15-7-6-13-9-15)3-4-12(10)14-5-1/h1-9H. The van der Waals surface area contributed by atoms with Crippen LogP contribution in [0.1, 0.15) is 0 Å². The van der Waals surface area contributed by atoms with E-state index in [1.54, 1.807) is 18.7 Å². The molecule has 0 radical (unpaired) electrons. The van der Waals surface area contributed by atoms with Gasteiger partial charge in [0.1, 0.15) is 0 Å². The maximum Gasteiger partial charge on any atom is 0.0991 e. The van der Waals surface area contributed by atoms with Gasteiger partial charge in [0.15, 0.2) is 0 Å². The van der Waals surface area contributed by atoms with Gasteiger partial charge in [-0.05, 0) is 24.3 Å². The highest BCUT2D eigenvalue weighted by atomic mass is 15.0. The van der Waals surface area contributed by atoms with Gasteiger partial charge in [-0.3, -0.25) is 4.98 Å². The number of hydrogen-bond donors (Lipinski definition) is 0. The molecule has 2 aromatic heterocycles. The Bertz CT molecular complexity index is 585. The molecule has 1 aromatic carbocycles. The summed E-state index contributed by atoms with van der Waals surface area (Å²) in [6, 6.07) is 10.2. The molecule has 0 aliphatic heterocycles. The van der Waals surface area contributed by atoms with Crippen LogP contribution in [0.3, 0.4) is 0 Å². The molecule has 0 saturated carbocycles. The SMILES string of the molecule is c1cnc2ccc(-n3ccnc3)cc2c1. The van der Waals surface area contributed by atoms with Crippen LogP contribution in [0.15, 0.2) is 55.2 Å². The van der Waals surface area contributed by atoms with Crippen molar-refractivity contribution in [3.8, 4) is 5.69 Å². The molecule has 15 heavy (non-hydrogen) atoms. The highest BCUT2D eigenvalue weighted by Gasteiger charge is 1.97. The normalized spacial score (nSPS) is 10.7. The number of aromatic nitrogens is 3. The molecule has 3 aromatic rings. The molecular formula is C12H9N3. The molecule has 3 heteroatoms. The van der Waals surface area contributed by atoms with Gasteiger partial charge in [0.2, 0.25) is 0 Å². The Labute approximate surface area is 87.0 Å². The topological polar surface area (TPSA) is 30.7 Å². The molecule has 72 valence electrons. The molecule has 0 unspecified atom stereocenters. The second-order valence-electron chi connectivity index (χ2n) is 3.35. The number of fused-ring (bicyclic) bond motifs is 1. The summed E-state index contributed by atoms with van der Waals surface area (Å²) in [6.07, 6.45) is 7.29. The minimum atomic E-state index is 1.02. The third-order valence-electron chi connectivity index (χ3n) is 2.39. The van der Waals surface area contributed by atoms with Crippen molar-refractivity contribution in [1.82, 2.24) is 14.5 Å². The number of imidazole rings is 1. The second kappa shape index (κ2) is 3.20. The number of pyridine rings is 1. The van der Waals surface area contributed by atoms with E-state index < -0.39 is 0 Å². The molecule has 2 heterocycles. The molecule has 0 aliphatic rings. The van der Waals surface area contributed by atoms with Crippen molar-refractivity contribution in [2.24, 2.45) is 0 Å². The van der Waals surface area contributed by atoms with Gasteiger partial charge in [-0.2, -0.15) is 0 Å². The molecule has 0 N–H and O–H groups in total. The molecule has 0 saturated heterocycles. The first kappa shape index (κ1) is 8.17. The zero-order valence-corrected chi connectivity index (χ0v) is 8.04. The van der Waals surface area contributed by atoms with Gasteiger partial charge in [0.25, 0.3) is 0 Å². The monoisotopic (exact) mass is 195 g/mol. The molecule has 0 spiro atoms. The van der Waals surface area contributed by atoms with E-state index in [1.165, 1.54) is 0 Å². The Hall–Kier alpha value is -2.16. The number of hydrogen-bond acceptors (Lipinski definition) is 2. The average molecular weight is 195 g/mol. The van der Waals surface area contributed by atoms with Gasteiger partial charge in [0.05, 0.1) is 11.8 Å². The number of nitrogens with zero attached hydrogens (tertiary/aromatic N) is 3. The van der Waals surface area contributed by atoms with E-state index in [1.807, 2.05) is 29.0 Å². The Balaban J connectivity index is 2.22. The Morgan fingerprint density at radius 3 is 2.93 bits per heavy atom. The summed E-state index contributed by atoms with van der Waals surface area (Å²) in [5.74, 6) is 0. The van der Waals surface area contributed by atoms with Crippen LogP contribution in [0.5, 0.6) is 0 Å². The fourth-order valence-electron chi connectivity index (χ4n) is 1.64. The fourth-order valence-corrected chi connectivity index (χ4v) is 1.64. The molecule has 0 amide bonds. The second-order valence-corrected chi connectivity index (χ2v) is 3.35. The zero-order chi connectivity index (χ0) is 10.1. The predicted molar refractivity (Wildman–Crippen MR) is 58.9 cm³/mol. The summed E-state index contributed by atoms with van der Waals surface area (Å²) in [5.41, 5.74) is 2.12. The minimum Gasteiger partial charge on any atom is -0.306 e. The average Bonchev–Trinajstić information content (AvgIpc) is 2.82. The lowest BCUT2D eigenvalue weighted by molar-refractivity contribution is 1.06. The van der Waals surface area contributed by atoms with Crippen LogP contribution in [0.2, 0.25) is 0 Å². The van der Waals surface area contributed by atoms with Crippen LogP contribution in [0.4, 0.5) is 0 Å². The summed E-state index contributed by atoms with van der Waals surface area (Å²) in [6.45, 7) is 0. The number of benzene rings is 1. The van der Waals surface area contributed by atoms with Crippen molar-refractivity contribution < 1.29 is 0 Å². The molecular weight excluding hydrogens is 186 g/mol. The Morgan fingerprint density at radius 2 is 2.07 bits per heavy atom. The van der Waals surface area contributed by atoms with Crippen molar-refractivity contribution in [3.05, 3.63) is 55.2 Å². The number of rotatable bonds is 1. The van der Waals surface area contributed by atoms with Gasteiger partial charge in [-0.1, -0.05) is 6.07 Å². The van der Waals surface area contributed by atoms with E-state index in [2.05, 4.69) is 22.1 Å². The summed E-state index contributed by atoms with van der Waals surface area (Å²) in [4.78, 5) is 8.30. The first-order valence-corrected chi connectivity index (χ1v) is 4.76. The third kappa shape index (κ3) is 1.38. The molecule has 3 rings (SSSR count). The predicted octanol–water partition coefficient (Wildman–Crippen LogP) is 2.42. The van der Waals surface area contributed by atoms with Crippen LogP contribution < -0.4 is 0 Å². The highest BCUT2D eigenvalue weighted by molar-refractivity contribution is 5.80. The first-order chi connectivity index (χ1) is 7.43.